The van der Waals surface area contributed by atoms with Gasteiger partial charge in [0.05, 0.1) is 0 Å². The standard InChI is InChI=1S/C14H27NO/c1-4-5-13(9-15)14(16)12-7-6-10(2)11(3)8-12/h10-13H,4-9,15H2,1-3H3. The Bertz CT molecular complexity index is 227. The van der Waals surface area contributed by atoms with Gasteiger partial charge < -0.3 is 5.73 Å². The Morgan fingerprint density at radius 3 is 2.50 bits per heavy atom. The summed E-state index contributed by atoms with van der Waals surface area (Å²) in [5.74, 6) is 2.35. The van der Waals surface area contributed by atoms with Gasteiger partial charge in [0.1, 0.15) is 5.78 Å². The maximum atomic E-state index is 12.3. The van der Waals surface area contributed by atoms with Crippen LogP contribution in [0, 0.1) is 23.7 Å². The summed E-state index contributed by atoms with van der Waals surface area (Å²) < 4.78 is 0. The minimum Gasteiger partial charge on any atom is -0.330 e. The molecule has 4 unspecified atom stereocenters. The van der Waals surface area contributed by atoms with Crippen LogP contribution in [0.25, 0.3) is 0 Å². The van der Waals surface area contributed by atoms with Crippen molar-refractivity contribution in [3.8, 4) is 0 Å². The lowest BCUT2D eigenvalue weighted by Crippen LogP contribution is -2.33. The number of hydrogen-bond donors (Lipinski definition) is 1. The van der Waals surface area contributed by atoms with Gasteiger partial charge in [-0.3, -0.25) is 4.79 Å². The minimum atomic E-state index is 0.121. The highest BCUT2D eigenvalue weighted by Crippen LogP contribution is 2.35. The number of carbonyl (C=O) groups is 1. The summed E-state index contributed by atoms with van der Waals surface area (Å²) in [6, 6.07) is 0. The lowest BCUT2D eigenvalue weighted by molar-refractivity contribution is -0.128. The van der Waals surface area contributed by atoms with Gasteiger partial charge in [0.2, 0.25) is 0 Å². The third kappa shape index (κ3) is 3.31. The van der Waals surface area contributed by atoms with Crippen molar-refractivity contribution in [2.24, 2.45) is 29.4 Å². The van der Waals surface area contributed by atoms with E-state index in [9.17, 15) is 4.79 Å². The third-order valence-electron chi connectivity index (χ3n) is 4.32. The van der Waals surface area contributed by atoms with Gasteiger partial charge in [-0.15, -0.1) is 0 Å². The van der Waals surface area contributed by atoms with Gasteiger partial charge in [-0.25, -0.2) is 0 Å². The molecule has 0 aliphatic heterocycles. The highest BCUT2D eigenvalue weighted by molar-refractivity contribution is 5.83. The number of rotatable bonds is 5. The summed E-state index contributed by atoms with van der Waals surface area (Å²) >= 11 is 0. The summed E-state index contributed by atoms with van der Waals surface area (Å²) in [6.07, 6.45) is 5.41. The van der Waals surface area contributed by atoms with Crippen molar-refractivity contribution in [3.63, 3.8) is 0 Å². The molecule has 94 valence electrons. The molecule has 0 aromatic carbocycles. The molecule has 1 rings (SSSR count). The molecule has 0 amide bonds. The molecule has 2 N–H and O–H groups in total. The topological polar surface area (TPSA) is 43.1 Å². The van der Waals surface area contributed by atoms with Crippen LogP contribution in [-0.2, 0) is 4.79 Å². The Morgan fingerprint density at radius 1 is 1.31 bits per heavy atom. The van der Waals surface area contributed by atoms with Crippen LogP contribution in [0.15, 0.2) is 0 Å². The quantitative estimate of drug-likeness (QED) is 0.781. The second kappa shape index (κ2) is 6.39. The molecule has 4 atom stereocenters. The number of hydrogen-bond acceptors (Lipinski definition) is 2. The summed E-state index contributed by atoms with van der Waals surface area (Å²) in [4.78, 5) is 12.3. The van der Waals surface area contributed by atoms with E-state index in [4.69, 9.17) is 5.73 Å². The molecule has 0 heterocycles. The summed E-state index contributed by atoms with van der Waals surface area (Å²) in [5, 5.41) is 0. The van der Waals surface area contributed by atoms with Gasteiger partial charge in [0.25, 0.3) is 0 Å². The normalized spacial score (nSPS) is 32.4. The summed E-state index contributed by atoms with van der Waals surface area (Å²) in [7, 11) is 0. The molecule has 1 fully saturated rings. The van der Waals surface area contributed by atoms with Crippen molar-refractivity contribution in [2.45, 2.75) is 52.9 Å². The van der Waals surface area contributed by atoms with Gasteiger partial charge in [0, 0.05) is 18.4 Å². The third-order valence-corrected chi connectivity index (χ3v) is 4.32. The van der Waals surface area contributed by atoms with Gasteiger partial charge in [0.15, 0.2) is 0 Å². The van der Waals surface area contributed by atoms with Gasteiger partial charge in [-0.2, -0.15) is 0 Å². The zero-order valence-corrected chi connectivity index (χ0v) is 11.0. The predicted molar refractivity (Wildman–Crippen MR) is 68.1 cm³/mol. The number of nitrogens with two attached hydrogens (primary N) is 1. The van der Waals surface area contributed by atoms with E-state index in [0.29, 0.717) is 24.2 Å². The maximum absolute atomic E-state index is 12.3. The number of carbonyl (C=O) groups excluding carboxylic acids is 1. The van der Waals surface area contributed by atoms with Crippen LogP contribution in [0.2, 0.25) is 0 Å². The maximum Gasteiger partial charge on any atom is 0.140 e. The van der Waals surface area contributed by atoms with Gasteiger partial charge in [-0.1, -0.05) is 27.2 Å². The van der Waals surface area contributed by atoms with E-state index in [-0.39, 0.29) is 5.92 Å². The van der Waals surface area contributed by atoms with E-state index in [2.05, 4.69) is 20.8 Å². The lowest BCUT2D eigenvalue weighted by atomic mass is 9.72. The monoisotopic (exact) mass is 225 g/mol. The van der Waals surface area contributed by atoms with E-state index < -0.39 is 0 Å². The first kappa shape index (κ1) is 13.7. The first-order valence-corrected chi connectivity index (χ1v) is 6.83. The van der Waals surface area contributed by atoms with E-state index in [1.54, 1.807) is 0 Å². The fourth-order valence-corrected chi connectivity index (χ4v) is 2.86. The van der Waals surface area contributed by atoms with Gasteiger partial charge in [-0.05, 0) is 37.5 Å². The molecule has 0 saturated heterocycles. The molecule has 2 nitrogen and oxygen atoms in total. The van der Waals surface area contributed by atoms with Crippen LogP contribution in [0.1, 0.15) is 52.9 Å². The van der Waals surface area contributed by atoms with Crippen molar-refractivity contribution in [3.05, 3.63) is 0 Å². The second-order valence-electron chi connectivity index (χ2n) is 5.59. The van der Waals surface area contributed by atoms with Crippen LogP contribution in [0.3, 0.4) is 0 Å². The molecule has 2 heteroatoms. The molecule has 0 aromatic heterocycles. The van der Waals surface area contributed by atoms with Crippen LogP contribution < -0.4 is 5.73 Å². The van der Waals surface area contributed by atoms with Crippen LogP contribution in [0.5, 0.6) is 0 Å². The lowest BCUT2D eigenvalue weighted by Gasteiger charge is -2.32. The Hall–Kier alpha value is -0.370. The molecule has 0 aromatic rings. The van der Waals surface area contributed by atoms with Crippen molar-refractivity contribution < 1.29 is 4.79 Å². The minimum absolute atomic E-state index is 0.121. The predicted octanol–water partition coefficient (Wildman–Crippen LogP) is 3.00. The molecular formula is C14H27NO. The van der Waals surface area contributed by atoms with Crippen molar-refractivity contribution in [2.75, 3.05) is 6.54 Å². The summed E-state index contributed by atoms with van der Waals surface area (Å²) in [5.41, 5.74) is 5.71. The highest BCUT2D eigenvalue weighted by Gasteiger charge is 2.31. The zero-order valence-electron chi connectivity index (χ0n) is 11.0. The van der Waals surface area contributed by atoms with E-state index in [1.807, 2.05) is 0 Å². The molecule has 0 radical (unpaired) electrons. The van der Waals surface area contributed by atoms with Gasteiger partial charge >= 0.3 is 0 Å². The van der Waals surface area contributed by atoms with Crippen LogP contribution >= 0.6 is 0 Å². The fourth-order valence-electron chi connectivity index (χ4n) is 2.86. The van der Waals surface area contributed by atoms with Crippen molar-refractivity contribution in [1.29, 1.82) is 0 Å². The Balaban J connectivity index is 2.53. The first-order valence-electron chi connectivity index (χ1n) is 6.83. The molecule has 0 bridgehead atoms. The smallest absolute Gasteiger partial charge is 0.140 e. The highest BCUT2D eigenvalue weighted by atomic mass is 16.1. The molecule has 1 aliphatic rings. The van der Waals surface area contributed by atoms with Crippen molar-refractivity contribution in [1.82, 2.24) is 0 Å². The number of Topliss-reactive ketones (excluding diaryl/α,β-unsaturated/α-hetero) is 1. The molecule has 0 spiro atoms. The van der Waals surface area contributed by atoms with Crippen molar-refractivity contribution >= 4 is 5.78 Å². The fraction of sp³-hybridized carbons (Fsp3) is 0.929. The van der Waals surface area contributed by atoms with Crippen LogP contribution in [0.4, 0.5) is 0 Å². The average Bonchev–Trinajstić information content (AvgIpc) is 2.28. The SMILES string of the molecule is CCCC(CN)C(=O)C1CCC(C)C(C)C1. The summed E-state index contributed by atoms with van der Waals surface area (Å²) in [6.45, 7) is 7.24. The molecule has 1 aliphatic carbocycles. The second-order valence-corrected chi connectivity index (χ2v) is 5.59. The molecule has 16 heavy (non-hydrogen) atoms. The number of ketones is 1. The van der Waals surface area contributed by atoms with E-state index in [0.717, 1.165) is 31.6 Å². The average molecular weight is 225 g/mol. The first-order chi connectivity index (χ1) is 7.60. The zero-order chi connectivity index (χ0) is 12.1. The van der Waals surface area contributed by atoms with E-state index >= 15 is 0 Å². The van der Waals surface area contributed by atoms with Crippen LogP contribution in [-0.4, -0.2) is 12.3 Å². The Morgan fingerprint density at radius 2 is 2.00 bits per heavy atom. The molecular weight excluding hydrogens is 198 g/mol. The molecule has 1 saturated carbocycles. The largest absolute Gasteiger partial charge is 0.330 e. The van der Waals surface area contributed by atoms with E-state index in [1.165, 1.54) is 6.42 Å². The Labute approximate surface area is 100.0 Å². The Kier molecular flexibility index (Phi) is 5.47.